The Morgan fingerprint density at radius 3 is 2.75 bits per heavy atom. The molecule has 24 heavy (non-hydrogen) atoms. The molecule has 0 saturated heterocycles. The third-order valence-electron chi connectivity index (χ3n) is 4.54. The number of carbonyl (C=O) groups excluding carboxylic acids is 1. The number of aliphatic hydroxyl groups is 1. The molecule has 3 rings (SSSR count). The van der Waals surface area contributed by atoms with Gasteiger partial charge in [0.2, 0.25) is 0 Å². The quantitative estimate of drug-likeness (QED) is 0.762. The Bertz CT molecular complexity index is 734. The third kappa shape index (κ3) is 3.94. The largest absolute Gasteiger partial charge is 0.396 e. The van der Waals surface area contributed by atoms with Gasteiger partial charge < -0.3 is 15.7 Å². The SMILES string of the molecule is Cc1cc(C)n(Cc2cccc(NC(=O)NCC3(CO)CC3)c2)n1. The van der Waals surface area contributed by atoms with Crippen LogP contribution in [0.15, 0.2) is 30.3 Å². The van der Waals surface area contributed by atoms with Crippen molar-refractivity contribution in [2.75, 3.05) is 18.5 Å². The summed E-state index contributed by atoms with van der Waals surface area (Å²) in [5.74, 6) is 0. The van der Waals surface area contributed by atoms with Crippen LogP contribution < -0.4 is 10.6 Å². The first-order chi connectivity index (χ1) is 11.5. The Morgan fingerprint density at radius 1 is 1.33 bits per heavy atom. The maximum atomic E-state index is 12.0. The van der Waals surface area contributed by atoms with E-state index in [9.17, 15) is 9.90 Å². The standard InChI is InChI=1S/C18H24N4O2/c1-13-8-14(2)22(21-13)10-15-4-3-5-16(9-15)20-17(24)19-11-18(12-23)6-7-18/h3-5,8-9,23H,6-7,10-12H2,1-2H3,(H2,19,20,24). The van der Waals surface area contributed by atoms with E-state index in [-0.39, 0.29) is 18.1 Å². The fraction of sp³-hybridized carbons (Fsp3) is 0.444. The van der Waals surface area contributed by atoms with E-state index in [4.69, 9.17) is 0 Å². The first-order valence-electron chi connectivity index (χ1n) is 8.25. The summed E-state index contributed by atoms with van der Waals surface area (Å²) in [6.07, 6.45) is 1.95. The maximum Gasteiger partial charge on any atom is 0.319 e. The number of carbonyl (C=O) groups is 1. The van der Waals surface area contributed by atoms with Crippen LogP contribution in [0.25, 0.3) is 0 Å². The summed E-state index contributed by atoms with van der Waals surface area (Å²) in [7, 11) is 0. The zero-order valence-electron chi connectivity index (χ0n) is 14.2. The van der Waals surface area contributed by atoms with Crippen molar-refractivity contribution in [1.82, 2.24) is 15.1 Å². The average molecular weight is 328 g/mol. The summed E-state index contributed by atoms with van der Waals surface area (Å²) in [4.78, 5) is 12.0. The van der Waals surface area contributed by atoms with E-state index in [2.05, 4.69) is 15.7 Å². The van der Waals surface area contributed by atoms with Crippen LogP contribution in [-0.2, 0) is 6.54 Å². The number of anilines is 1. The smallest absolute Gasteiger partial charge is 0.319 e. The highest BCUT2D eigenvalue weighted by atomic mass is 16.3. The van der Waals surface area contributed by atoms with Crippen molar-refractivity contribution < 1.29 is 9.90 Å². The molecule has 2 amide bonds. The van der Waals surface area contributed by atoms with Gasteiger partial charge in [-0.15, -0.1) is 0 Å². The highest BCUT2D eigenvalue weighted by molar-refractivity contribution is 5.89. The second-order valence-corrected chi connectivity index (χ2v) is 6.75. The van der Waals surface area contributed by atoms with Crippen molar-refractivity contribution in [2.45, 2.75) is 33.2 Å². The minimum atomic E-state index is -0.238. The molecule has 1 saturated carbocycles. The lowest BCUT2D eigenvalue weighted by molar-refractivity contribution is 0.206. The number of rotatable bonds is 6. The minimum Gasteiger partial charge on any atom is -0.396 e. The number of hydrogen-bond acceptors (Lipinski definition) is 3. The van der Waals surface area contributed by atoms with E-state index in [0.29, 0.717) is 13.1 Å². The van der Waals surface area contributed by atoms with E-state index in [0.717, 1.165) is 35.5 Å². The lowest BCUT2D eigenvalue weighted by atomic mass is 10.1. The highest BCUT2D eigenvalue weighted by Crippen LogP contribution is 2.44. The zero-order valence-corrected chi connectivity index (χ0v) is 14.2. The molecule has 1 heterocycles. The number of amides is 2. The van der Waals surface area contributed by atoms with E-state index < -0.39 is 0 Å². The molecule has 1 aliphatic rings. The molecule has 0 radical (unpaired) electrons. The predicted octanol–water partition coefficient (Wildman–Crippen LogP) is 2.44. The number of aryl methyl sites for hydroxylation is 2. The lowest BCUT2D eigenvalue weighted by Gasteiger charge is -2.14. The van der Waals surface area contributed by atoms with Crippen LogP contribution in [0.5, 0.6) is 0 Å². The monoisotopic (exact) mass is 328 g/mol. The predicted molar refractivity (Wildman–Crippen MR) is 93.0 cm³/mol. The Morgan fingerprint density at radius 2 is 2.12 bits per heavy atom. The molecule has 0 unspecified atom stereocenters. The van der Waals surface area contributed by atoms with Gasteiger partial charge in [0.05, 0.1) is 18.8 Å². The van der Waals surface area contributed by atoms with E-state index in [1.165, 1.54) is 0 Å². The molecule has 0 bridgehead atoms. The van der Waals surface area contributed by atoms with Crippen molar-refractivity contribution in [3.05, 3.63) is 47.3 Å². The van der Waals surface area contributed by atoms with Crippen LogP contribution in [0.1, 0.15) is 29.8 Å². The number of hydrogen-bond donors (Lipinski definition) is 3. The van der Waals surface area contributed by atoms with E-state index in [1.54, 1.807) is 0 Å². The molecule has 0 atom stereocenters. The zero-order chi connectivity index (χ0) is 17.2. The Kier molecular flexibility index (Phi) is 4.57. The second-order valence-electron chi connectivity index (χ2n) is 6.75. The molecule has 6 nitrogen and oxygen atoms in total. The Labute approximate surface area is 141 Å². The summed E-state index contributed by atoms with van der Waals surface area (Å²) >= 11 is 0. The van der Waals surface area contributed by atoms with Gasteiger partial charge in [0.15, 0.2) is 0 Å². The summed E-state index contributed by atoms with van der Waals surface area (Å²) in [5.41, 5.74) is 3.85. The van der Waals surface area contributed by atoms with Gasteiger partial charge in [-0.25, -0.2) is 4.79 Å². The molecule has 6 heteroatoms. The average Bonchev–Trinajstić information content (AvgIpc) is 3.26. The lowest BCUT2D eigenvalue weighted by Crippen LogP contribution is -2.35. The van der Waals surface area contributed by atoms with E-state index >= 15 is 0 Å². The topological polar surface area (TPSA) is 79.2 Å². The van der Waals surface area contributed by atoms with Crippen LogP contribution in [0.4, 0.5) is 10.5 Å². The van der Waals surface area contributed by atoms with Crippen LogP contribution in [0, 0.1) is 19.3 Å². The van der Waals surface area contributed by atoms with Gasteiger partial charge in [-0.3, -0.25) is 4.68 Å². The molecular weight excluding hydrogens is 304 g/mol. The second kappa shape index (κ2) is 6.65. The van der Waals surface area contributed by atoms with Gasteiger partial charge in [0.25, 0.3) is 0 Å². The molecule has 3 N–H and O–H groups in total. The van der Waals surface area contributed by atoms with Gasteiger partial charge >= 0.3 is 6.03 Å². The molecule has 2 aromatic rings. The maximum absolute atomic E-state index is 12.0. The number of nitrogens with zero attached hydrogens (tertiary/aromatic N) is 2. The summed E-state index contributed by atoms with van der Waals surface area (Å²) in [5, 5.41) is 19.4. The highest BCUT2D eigenvalue weighted by Gasteiger charge is 2.42. The number of urea groups is 1. The fourth-order valence-corrected chi connectivity index (χ4v) is 2.77. The van der Waals surface area contributed by atoms with Crippen molar-refractivity contribution >= 4 is 11.7 Å². The molecule has 1 aliphatic carbocycles. The van der Waals surface area contributed by atoms with Gasteiger partial charge in [-0.2, -0.15) is 5.10 Å². The summed E-state index contributed by atoms with van der Waals surface area (Å²) < 4.78 is 1.95. The van der Waals surface area contributed by atoms with Crippen LogP contribution in [0.3, 0.4) is 0 Å². The molecule has 1 fully saturated rings. The first kappa shape index (κ1) is 16.5. The molecular formula is C18H24N4O2. The normalized spacial score (nSPS) is 15.1. The number of benzene rings is 1. The van der Waals surface area contributed by atoms with Crippen LogP contribution in [0.2, 0.25) is 0 Å². The summed E-state index contributed by atoms with van der Waals surface area (Å²) in [6.45, 7) is 5.33. The Hall–Kier alpha value is -2.34. The van der Waals surface area contributed by atoms with Crippen molar-refractivity contribution in [3.8, 4) is 0 Å². The minimum absolute atomic E-state index is 0.0886. The molecule has 1 aromatic carbocycles. The van der Waals surface area contributed by atoms with Crippen molar-refractivity contribution in [1.29, 1.82) is 0 Å². The molecule has 0 spiro atoms. The van der Waals surface area contributed by atoms with Gasteiger partial charge in [-0.05, 0) is 50.5 Å². The van der Waals surface area contributed by atoms with E-state index in [1.807, 2.05) is 48.9 Å². The fourth-order valence-electron chi connectivity index (χ4n) is 2.77. The Balaban J connectivity index is 1.58. The molecule has 0 aliphatic heterocycles. The van der Waals surface area contributed by atoms with Crippen LogP contribution in [-0.4, -0.2) is 34.1 Å². The first-order valence-corrected chi connectivity index (χ1v) is 8.25. The molecule has 1 aromatic heterocycles. The van der Waals surface area contributed by atoms with Crippen molar-refractivity contribution in [2.24, 2.45) is 5.41 Å². The number of aromatic nitrogens is 2. The third-order valence-corrected chi connectivity index (χ3v) is 4.54. The van der Waals surface area contributed by atoms with Gasteiger partial charge in [0.1, 0.15) is 0 Å². The van der Waals surface area contributed by atoms with Gasteiger partial charge in [0, 0.05) is 23.3 Å². The van der Waals surface area contributed by atoms with Gasteiger partial charge in [-0.1, -0.05) is 12.1 Å². The summed E-state index contributed by atoms with van der Waals surface area (Å²) in [6, 6.07) is 9.57. The number of nitrogens with one attached hydrogen (secondary N) is 2. The number of aliphatic hydroxyl groups excluding tert-OH is 1. The molecule has 128 valence electrons. The van der Waals surface area contributed by atoms with Crippen LogP contribution >= 0.6 is 0 Å². The van der Waals surface area contributed by atoms with Crippen molar-refractivity contribution in [3.63, 3.8) is 0 Å².